The number of carbonyl (C=O) groups is 2. The number of nitrogens with one attached hydrogen (secondary N) is 2. The monoisotopic (exact) mass is 443 g/mol. The molecule has 30 heavy (non-hydrogen) atoms. The summed E-state index contributed by atoms with van der Waals surface area (Å²) in [6.45, 7) is 0.688. The Kier molecular flexibility index (Phi) is 7.82. The van der Waals surface area contributed by atoms with Crippen LogP contribution in [-0.2, 0) is 17.6 Å². The van der Waals surface area contributed by atoms with Crippen molar-refractivity contribution in [3.8, 4) is 5.75 Å². The number of rotatable bonds is 9. The topological polar surface area (TPSA) is 80.3 Å². The standard InChI is InChI=1S/C22H22ClN3O3S/c1-29-19-7-5-16(6-8-19)22(28)25-10-9-24-20(27)13-18-14-30-21(26-18)12-15-3-2-4-17(23)11-15/h2-8,11,14H,9-10,12-13H2,1H3,(H,24,27)(H,25,28). The van der Waals surface area contributed by atoms with E-state index in [9.17, 15) is 9.59 Å². The summed E-state index contributed by atoms with van der Waals surface area (Å²) in [5.74, 6) is 0.363. The number of hydrogen-bond donors (Lipinski definition) is 2. The van der Waals surface area contributed by atoms with Gasteiger partial charge in [0.1, 0.15) is 5.75 Å². The van der Waals surface area contributed by atoms with Gasteiger partial charge in [0.15, 0.2) is 0 Å². The first-order valence-electron chi connectivity index (χ1n) is 9.40. The molecule has 8 heteroatoms. The Balaban J connectivity index is 1.38. The lowest BCUT2D eigenvalue weighted by molar-refractivity contribution is -0.120. The largest absolute Gasteiger partial charge is 0.497 e. The Morgan fingerprint density at radius 1 is 1.10 bits per heavy atom. The number of amides is 2. The number of thiazole rings is 1. The first-order chi connectivity index (χ1) is 14.5. The van der Waals surface area contributed by atoms with Crippen molar-refractivity contribution in [2.75, 3.05) is 20.2 Å². The van der Waals surface area contributed by atoms with Crippen LogP contribution < -0.4 is 15.4 Å². The zero-order valence-corrected chi connectivity index (χ0v) is 18.1. The second-order valence-electron chi connectivity index (χ2n) is 6.55. The fourth-order valence-electron chi connectivity index (χ4n) is 2.78. The molecule has 156 valence electrons. The maximum atomic E-state index is 12.1. The number of aromatic nitrogens is 1. The van der Waals surface area contributed by atoms with Crippen LogP contribution in [0.25, 0.3) is 0 Å². The first-order valence-corrected chi connectivity index (χ1v) is 10.7. The molecular weight excluding hydrogens is 422 g/mol. The van der Waals surface area contributed by atoms with Crippen LogP contribution in [0.15, 0.2) is 53.9 Å². The van der Waals surface area contributed by atoms with E-state index in [4.69, 9.17) is 16.3 Å². The highest BCUT2D eigenvalue weighted by Gasteiger charge is 2.09. The van der Waals surface area contributed by atoms with Crippen molar-refractivity contribution in [3.63, 3.8) is 0 Å². The van der Waals surface area contributed by atoms with Gasteiger partial charge in [0.05, 0.1) is 24.2 Å². The number of methoxy groups -OCH3 is 1. The van der Waals surface area contributed by atoms with E-state index in [1.54, 1.807) is 31.4 Å². The number of ether oxygens (including phenoxy) is 1. The van der Waals surface area contributed by atoms with Crippen LogP contribution in [0.1, 0.15) is 26.6 Å². The molecule has 3 rings (SSSR count). The number of halogens is 1. The van der Waals surface area contributed by atoms with E-state index in [0.717, 1.165) is 16.3 Å². The predicted molar refractivity (Wildman–Crippen MR) is 118 cm³/mol. The molecule has 0 fully saturated rings. The molecule has 0 radical (unpaired) electrons. The average molecular weight is 444 g/mol. The quantitative estimate of drug-likeness (QED) is 0.496. The molecular formula is C22H22ClN3O3S. The van der Waals surface area contributed by atoms with E-state index in [0.29, 0.717) is 35.8 Å². The Labute approximate surface area is 184 Å². The summed E-state index contributed by atoms with van der Waals surface area (Å²) in [5, 5.41) is 9.10. The molecule has 2 amide bonds. The molecule has 0 aliphatic heterocycles. The average Bonchev–Trinajstić information content (AvgIpc) is 3.17. The van der Waals surface area contributed by atoms with E-state index in [2.05, 4.69) is 15.6 Å². The zero-order chi connectivity index (χ0) is 21.3. The summed E-state index contributed by atoms with van der Waals surface area (Å²) in [5.41, 5.74) is 2.36. The van der Waals surface area contributed by atoms with Crippen molar-refractivity contribution in [1.29, 1.82) is 0 Å². The lowest BCUT2D eigenvalue weighted by atomic mass is 10.2. The van der Waals surface area contributed by atoms with Gasteiger partial charge in [0, 0.05) is 35.5 Å². The van der Waals surface area contributed by atoms with Gasteiger partial charge in [0.25, 0.3) is 5.91 Å². The van der Waals surface area contributed by atoms with Gasteiger partial charge < -0.3 is 15.4 Å². The molecule has 0 saturated carbocycles. The van der Waals surface area contributed by atoms with Gasteiger partial charge in [-0.3, -0.25) is 9.59 Å². The minimum absolute atomic E-state index is 0.131. The first kappa shape index (κ1) is 21.8. The van der Waals surface area contributed by atoms with Crippen LogP contribution in [-0.4, -0.2) is 37.0 Å². The van der Waals surface area contributed by atoms with E-state index < -0.39 is 0 Å². The highest BCUT2D eigenvalue weighted by Crippen LogP contribution is 2.18. The molecule has 6 nitrogen and oxygen atoms in total. The minimum atomic E-state index is -0.197. The highest BCUT2D eigenvalue weighted by molar-refractivity contribution is 7.09. The molecule has 0 bridgehead atoms. The highest BCUT2D eigenvalue weighted by atomic mass is 35.5. The number of hydrogen-bond acceptors (Lipinski definition) is 5. The molecule has 2 N–H and O–H groups in total. The van der Waals surface area contributed by atoms with Crippen molar-refractivity contribution in [2.24, 2.45) is 0 Å². The van der Waals surface area contributed by atoms with Gasteiger partial charge in [-0.15, -0.1) is 11.3 Å². The van der Waals surface area contributed by atoms with Crippen LogP contribution in [0.2, 0.25) is 5.02 Å². The third-order valence-electron chi connectivity index (χ3n) is 4.27. The van der Waals surface area contributed by atoms with Crippen LogP contribution >= 0.6 is 22.9 Å². The van der Waals surface area contributed by atoms with E-state index in [1.807, 2.05) is 29.6 Å². The van der Waals surface area contributed by atoms with Gasteiger partial charge >= 0.3 is 0 Å². The maximum Gasteiger partial charge on any atom is 0.251 e. The summed E-state index contributed by atoms with van der Waals surface area (Å²) >= 11 is 7.54. The Morgan fingerprint density at radius 3 is 2.60 bits per heavy atom. The van der Waals surface area contributed by atoms with Crippen LogP contribution in [0.4, 0.5) is 0 Å². The molecule has 1 aromatic heterocycles. The van der Waals surface area contributed by atoms with Crippen molar-refractivity contribution in [2.45, 2.75) is 12.8 Å². The molecule has 1 heterocycles. The fourth-order valence-corrected chi connectivity index (χ4v) is 3.82. The van der Waals surface area contributed by atoms with Crippen molar-refractivity contribution < 1.29 is 14.3 Å². The Hall–Kier alpha value is -2.90. The second kappa shape index (κ2) is 10.8. The smallest absolute Gasteiger partial charge is 0.251 e. The summed E-state index contributed by atoms with van der Waals surface area (Å²) in [4.78, 5) is 28.7. The molecule has 0 unspecified atom stereocenters. The zero-order valence-electron chi connectivity index (χ0n) is 16.5. The second-order valence-corrected chi connectivity index (χ2v) is 7.93. The van der Waals surface area contributed by atoms with Gasteiger partial charge in [-0.1, -0.05) is 23.7 Å². The lowest BCUT2D eigenvalue weighted by Gasteiger charge is -2.07. The molecule has 0 aliphatic rings. The van der Waals surface area contributed by atoms with E-state index in [-0.39, 0.29) is 18.2 Å². The summed E-state index contributed by atoms with van der Waals surface area (Å²) < 4.78 is 5.07. The molecule has 0 spiro atoms. The van der Waals surface area contributed by atoms with Crippen LogP contribution in [0, 0.1) is 0 Å². The van der Waals surface area contributed by atoms with Gasteiger partial charge in [-0.25, -0.2) is 4.98 Å². The van der Waals surface area contributed by atoms with Gasteiger partial charge in [-0.2, -0.15) is 0 Å². The summed E-state index contributed by atoms with van der Waals surface area (Å²) in [6.07, 6.45) is 0.892. The van der Waals surface area contributed by atoms with Crippen molar-refractivity contribution in [1.82, 2.24) is 15.6 Å². The third kappa shape index (κ3) is 6.57. The van der Waals surface area contributed by atoms with Crippen LogP contribution in [0.5, 0.6) is 5.75 Å². The maximum absolute atomic E-state index is 12.1. The van der Waals surface area contributed by atoms with Crippen molar-refractivity contribution in [3.05, 3.63) is 80.8 Å². The Bertz CT molecular complexity index is 1000. The van der Waals surface area contributed by atoms with Crippen molar-refractivity contribution >= 4 is 34.8 Å². The molecule has 0 aliphatic carbocycles. The number of carbonyl (C=O) groups excluding carboxylic acids is 2. The Morgan fingerprint density at radius 2 is 1.87 bits per heavy atom. The summed E-state index contributed by atoms with van der Waals surface area (Å²) in [7, 11) is 1.57. The van der Waals surface area contributed by atoms with Crippen LogP contribution in [0.3, 0.4) is 0 Å². The van der Waals surface area contributed by atoms with E-state index in [1.165, 1.54) is 11.3 Å². The summed E-state index contributed by atoms with van der Waals surface area (Å²) in [6, 6.07) is 14.5. The molecule has 3 aromatic rings. The SMILES string of the molecule is COc1ccc(C(=O)NCCNC(=O)Cc2csc(Cc3cccc(Cl)c3)n2)cc1. The lowest BCUT2D eigenvalue weighted by Crippen LogP contribution is -2.35. The molecule has 0 saturated heterocycles. The fraction of sp³-hybridized carbons (Fsp3) is 0.227. The number of benzene rings is 2. The third-order valence-corrected chi connectivity index (χ3v) is 5.40. The van der Waals surface area contributed by atoms with Gasteiger partial charge in [0.2, 0.25) is 5.91 Å². The molecule has 2 aromatic carbocycles. The minimum Gasteiger partial charge on any atom is -0.497 e. The molecule has 0 atom stereocenters. The normalized spacial score (nSPS) is 10.5. The van der Waals surface area contributed by atoms with E-state index >= 15 is 0 Å². The van der Waals surface area contributed by atoms with Gasteiger partial charge in [-0.05, 0) is 42.0 Å². The predicted octanol–water partition coefficient (Wildman–Crippen LogP) is 3.48. The number of nitrogens with zero attached hydrogens (tertiary/aromatic N) is 1.